The highest BCUT2D eigenvalue weighted by atomic mass is 32.1. The number of fused-ring (bicyclic) bond motifs is 1. The summed E-state index contributed by atoms with van der Waals surface area (Å²) in [6, 6.07) is 7.91. The van der Waals surface area contributed by atoms with E-state index < -0.39 is 0 Å². The third-order valence-electron chi connectivity index (χ3n) is 6.91. The molecule has 8 heteroatoms. The van der Waals surface area contributed by atoms with Gasteiger partial charge < -0.3 is 24.2 Å². The van der Waals surface area contributed by atoms with Crippen molar-refractivity contribution in [3.05, 3.63) is 45.6 Å². The first-order valence-corrected chi connectivity index (χ1v) is 13.2. The Hall–Kier alpha value is -2.58. The predicted octanol–water partition coefficient (Wildman–Crippen LogP) is 3.65. The molecule has 7 nitrogen and oxygen atoms in total. The molecule has 182 valence electrons. The zero-order chi connectivity index (χ0) is 23.5. The van der Waals surface area contributed by atoms with Gasteiger partial charge in [0.1, 0.15) is 0 Å². The first kappa shape index (κ1) is 23.2. The summed E-state index contributed by atoms with van der Waals surface area (Å²) in [4.78, 5) is 33.9. The molecule has 1 aliphatic carbocycles. The highest BCUT2D eigenvalue weighted by Crippen LogP contribution is 2.33. The zero-order valence-corrected chi connectivity index (χ0v) is 20.6. The average molecular weight is 484 g/mol. The fraction of sp³-hybridized carbons (Fsp3) is 0.538. The van der Waals surface area contributed by atoms with Gasteiger partial charge in [0.05, 0.1) is 13.1 Å². The Bertz CT molecular complexity index is 1030. The van der Waals surface area contributed by atoms with Crippen molar-refractivity contribution < 1.29 is 19.1 Å². The van der Waals surface area contributed by atoms with Crippen LogP contribution in [-0.4, -0.2) is 66.0 Å². The van der Waals surface area contributed by atoms with Crippen molar-refractivity contribution in [1.82, 2.24) is 14.7 Å². The molecule has 2 aromatic rings. The van der Waals surface area contributed by atoms with Crippen LogP contribution >= 0.6 is 11.3 Å². The molecule has 1 aromatic heterocycles. The predicted molar refractivity (Wildman–Crippen MR) is 131 cm³/mol. The van der Waals surface area contributed by atoms with Crippen LogP contribution < -0.4 is 9.47 Å². The van der Waals surface area contributed by atoms with Gasteiger partial charge in [-0.2, -0.15) is 0 Å². The van der Waals surface area contributed by atoms with Crippen LogP contribution in [0.3, 0.4) is 0 Å². The second kappa shape index (κ2) is 10.4. The fourth-order valence-corrected chi connectivity index (χ4v) is 5.54. The number of thiophene rings is 1. The number of likely N-dealkylation sites (tertiary alicyclic amines) is 1. The monoisotopic (exact) mass is 483 g/mol. The summed E-state index contributed by atoms with van der Waals surface area (Å²) in [6.45, 7) is 7.09. The van der Waals surface area contributed by atoms with Gasteiger partial charge in [-0.25, -0.2) is 0 Å². The van der Waals surface area contributed by atoms with E-state index >= 15 is 0 Å². The van der Waals surface area contributed by atoms with Crippen LogP contribution in [0, 0.1) is 12.8 Å². The molecule has 0 radical (unpaired) electrons. The zero-order valence-electron chi connectivity index (χ0n) is 19.8. The number of amides is 2. The third-order valence-corrected chi connectivity index (χ3v) is 7.92. The summed E-state index contributed by atoms with van der Waals surface area (Å²) in [6.07, 6.45) is 4.34. The largest absolute Gasteiger partial charge is 0.454 e. The van der Waals surface area contributed by atoms with E-state index in [9.17, 15) is 9.59 Å². The number of carbonyl (C=O) groups excluding carboxylic acids is 2. The summed E-state index contributed by atoms with van der Waals surface area (Å²) in [5.74, 6) is 1.68. The Labute approximate surface area is 205 Å². The molecular weight excluding hydrogens is 450 g/mol. The molecule has 0 atom stereocenters. The number of hydrogen-bond acceptors (Lipinski definition) is 6. The molecular formula is C26H33N3O4S. The molecule has 1 saturated carbocycles. The number of hydrogen-bond donors (Lipinski definition) is 0. The van der Waals surface area contributed by atoms with Gasteiger partial charge in [-0.1, -0.05) is 6.07 Å². The Kier molecular flexibility index (Phi) is 7.06. The van der Waals surface area contributed by atoms with E-state index in [0.717, 1.165) is 43.8 Å². The summed E-state index contributed by atoms with van der Waals surface area (Å²) in [5.41, 5.74) is 2.18. The normalized spacial score (nSPS) is 17.2. The maximum atomic E-state index is 13.6. The minimum Gasteiger partial charge on any atom is -0.454 e. The number of rotatable bonds is 10. The Morgan fingerprint density at radius 1 is 1.06 bits per heavy atom. The minimum atomic E-state index is -0.0131. The van der Waals surface area contributed by atoms with Gasteiger partial charge in [-0.05, 0) is 80.4 Å². The molecule has 0 unspecified atom stereocenters. The number of ether oxygens (including phenoxy) is 2. The van der Waals surface area contributed by atoms with Gasteiger partial charge in [-0.15, -0.1) is 11.3 Å². The van der Waals surface area contributed by atoms with Crippen molar-refractivity contribution in [3.8, 4) is 11.5 Å². The molecule has 3 aliphatic rings. The van der Waals surface area contributed by atoms with Gasteiger partial charge in [0.15, 0.2) is 11.5 Å². The van der Waals surface area contributed by atoms with E-state index in [1.807, 2.05) is 28.0 Å². The maximum Gasteiger partial charge on any atom is 0.242 e. The molecule has 3 heterocycles. The van der Waals surface area contributed by atoms with E-state index in [1.54, 1.807) is 11.3 Å². The SMILES string of the molecule is Cc1ccsc1CN(Cc1ccc2c(c1)OCO2)C(=O)CN(CCN1CCCC1)C(=O)C1CC1. The molecule has 0 spiro atoms. The second-order valence-electron chi connectivity index (χ2n) is 9.55. The van der Waals surface area contributed by atoms with Crippen LogP contribution in [0.4, 0.5) is 0 Å². The van der Waals surface area contributed by atoms with E-state index in [2.05, 4.69) is 23.3 Å². The summed E-state index contributed by atoms with van der Waals surface area (Å²) >= 11 is 1.67. The lowest BCUT2D eigenvalue weighted by molar-refractivity contribution is -0.142. The number of nitrogens with zero attached hydrogens (tertiary/aromatic N) is 3. The fourth-order valence-electron chi connectivity index (χ4n) is 4.62. The molecule has 2 aliphatic heterocycles. The van der Waals surface area contributed by atoms with Crippen LogP contribution in [0.5, 0.6) is 11.5 Å². The molecule has 0 N–H and O–H groups in total. The number of aryl methyl sites for hydroxylation is 1. The van der Waals surface area contributed by atoms with Crippen LogP contribution in [0.1, 0.15) is 41.7 Å². The van der Waals surface area contributed by atoms with E-state index in [1.165, 1.54) is 23.3 Å². The standard InChI is InChI=1S/C26H33N3O4S/c1-19-8-13-34-24(19)16-29(15-20-4-7-22-23(14-20)33-18-32-22)25(30)17-28(26(31)21-5-6-21)12-11-27-9-2-3-10-27/h4,7-8,13-14,21H,2-3,5-6,9-12,15-18H2,1H3. The smallest absolute Gasteiger partial charge is 0.242 e. The highest BCUT2D eigenvalue weighted by molar-refractivity contribution is 7.10. The van der Waals surface area contributed by atoms with Gasteiger partial charge in [-0.3, -0.25) is 9.59 Å². The van der Waals surface area contributed by atoms with E-state index in [0.29, 0.717) is 25.4 Å². The van der Waals surface area contributed by atoms with Crippen molar-refractivity contribution >= 4 is 23.2 Å². The van der Waals surface area contributed by atoms with Crippen molar-refractivity contribution in [1.29, 1.82) is 0 Å². The summed E-state index contributed by atoms with van der Waals surface area (Å²) in [7, 11) is 0. The van der Waals surface area contributed by atoms with Crippen LogP contribution in [0.15, 0.2) is 29.6 Å². The van der Waals surface area contributed by atoms with Gasteiger partial charge in [0.2, 0.25) is 18.6 Å². The highest BCUT2D eigenvalue weighted by Gasteiger charge is 2.35. The number of carbonyl (C=O) groups is 2. The molecule has 0 bridgehead atoms. The van der Waals surface area contributed by atoms with Crippen LogP contribution in [0.25, 0.3) is 0 Å². The van der Waals surface area contributed by atoms with Gasteiger partial charge >= 0.3 is 0 Å². The quantitative estimate of drug-likeness (QED) is 0.516. The van der Waals surface area contributed by atoms with Crippen molar-refractivity contribution in [2.24, 2.45) is 5.92 Å². The van der Waals surface area contributed by atoms with Crippen molar-refractivity contribution in [2.45, 2.75) is 45.7 Å². The van der Waals surface area contributed by atoms with Crippen molar-refractivity contribution in [3.63, 3.8) is 0 Å². The Morgan fingerprint density at radius 2 is 1.85 bits per heavy atom. The Morgan fingerprint density at radius 3 is 2.59 bits per heavy atom. The Balaban J connectivity index is 1.31. The summed E-state index contributed by atoms with van der Waals surface area (Å²) in [5, 5.41) is 2.06. The second-order valence-corrected chi connectivity index (χ2v) is 10.5. The lowest BCUT2D eigenvalue weighted by Crippen LogP contribution is -2.45. The van der Waals surface area contributed by atoms with Crippen LogP contribution in [0.2, 0.25) is 0 Å². The van der Waals surface area contributed by atoms with E-state index in [4.69, 9.17) is 9.47 Å². The maximum absolute atomic E-state index is 13.6. The molecule has 5 rings (SSSR count). The first-order valence-electron chi connectivity index (χ1n) is 12.3. The average Bonchev–Trinajstić information content (AvgIpc) is 3.18. The molecule has 2 amide bonds. The van der Waals surface area contributed by atoms with Gasteiger partial charge in [0, 0.05) is 30.4 Å². The molecule has 1 aromatic carbocycles. The van der Waals surface area contributed by atoms with Gasteiger partial charge in [0.25, 0.3) is 0 Å². The van der Waals surface area contributed by atoms with E-state index in [-0.39, 0.29) is 31.1 Å². The van der Waals surface area contributed by atoms with Crippen molar-refractivity contribution in [2.75, 3.05) is 39.5 Å². The number of benzene rings is 1. The third kappa shape index (κ3) is 5.55. The lowest BCUT2D eigenvalue weighted by atomic mass is 10.1. The first-order chi connectivity index (χ1) is 16.6. The lowest BCUT2D eigenvalue weighted by Gasteiger charge is -2.29. The topological polar surface area (TPSA) is 62.3 Å². The minimum absolute atomic E-state index is 0.0131. The summed E-state index contributed by atoms with van der Waals surface area (Å²) < 4.78 is 11.0. The molecule has 2 fully saturated rings. The molecule has 1 saturated heterocycles. The molecule has 34 heavy (non-hydrogen) atoms. The van der Waals surface area contributed by atoms with Crippen LogP contribution in [-0.2, 0) is 22.7 Å².